The predicted octanol–water partition coefficient (Wildman–Crippen LogP) is 3.49. The third kappa shape index (κ3) is 7.29. The van der Waals surface area contributed by atoms with Gasteiger partial charge in [-0.05, 0) is 41.8 Å². The van der Waals surface area contributed by atoms with Crippen LogP contribution in [-0.4, -0.2) is 57.8 Å². The normalized spacial score (nSPS) is 13.0. The van der Waals surface area contributed by atoms with Crippen LogP contribution in [0.5, 0.6) is 11.5 Å². The molecule has 0 fully saturated rings. The van der Waals surface area contributed by atoms with E-state index in [-0.39, 0.29) is 51.0 Å². The molecule has 0 radical (unpaired) electrons. The van der Waals surface area contributed by atoms with Crippen LogP contribution in [0.25, 0.3) is 0 Å². The molecule has 0 unspecified atom stereocenters. The summed E-state index contributed by atoms with van der Waals surface area (Å²) >= 11 is 0. The van der Waals surface area contributed by atoms with Crippen molar-refractivity contribution in [3.05, 3.63) is 89.7 Å². The predicted molar refractivity (Wildman–Crippen MR) is 149 cm³/mol. The number of nitrogens with one attached hydrogen (secondary N) is 1. The van der Waals surface area contributed by atoms with Crippen molar-refractivity contribution in [3.8, 4) is 11.5 Å². The molecule has 0 spiro atoms. The van der Waals surface area contributed by atoms with Gasteiger partial charge in [-0.15, -0.1) is 0 Å². The maximum absolute atomic E-state index is 13.7. The van der Waals surface area contributed by atoms with Gasteiger partial charge >= 0.3 is 0 Å². The number of rotatable bonds is 12. The van der Waals surface area contributed by atoms with Crippen molar-refractivity contribution in [1.29, 1.82) is 0 Å². The van der Waals surface area contributed by atoms with Gasteiger partial charge < -0.3 is 19.7 Å². The van der Waals surface area contributed by atoms with Gasteiger partial charge in [0.25, 0.3) is 0 Å². The summed E-state index contributed by atoms with van der Waals surface area (Å²) in [6.07, 6.45) is 1.56. The van der Waals surface area contributed by atoms with E-state index in [0.29, 0.717) is 22.7 Å². The molecule has 0 saturated heterocycles. The molecule has 3 aromatic carbocycles. The molecular formula is C29H32FN3O6S. The molecule has 9 nitrogen and oxygen atoms in total. The van der Waals surface area contributed by atoms with Gasteiger partial charge in [0.1, 0.15) is 11.9 Å². The van der Waals surface area contributed by atoms with Crippen molar-refractivity contribution >= 4 is 27.5 Å². The number of fused-ring (bicyclic) bond motifs is 1. The van der Waals surface area contributed by atoms with E-state index in [4.69, 9.17) is 9.47 Å². The van der Waals surface area contributed by atoms with Crippen molar-refractivity contribution in [2.45, 2.75) is 31.8 Å². The van der Waals surface area contributed by atoms with E-state index >= 15 is 0 Å². The van der Waals surface area contributed by atoms with Crippen LogP contribution in [0.4, 0.5) is 10.1 Å². The van der Waals surface area contributed by atoms with E-state index < -0.39 is 21.9 Å². The monoisotopic (exact) mass is 569 g/mol. The molecule has 40 heavy (non-hydrogen) atoms. The first-order valence-electron chi connectivity index (χ1n) is 12.8. The fraction of sp³-hybridized carbons (Fsp3) is 0.310. The van der Waals surface area contributed by atoms with Crippen LogP contribution in [0.3, 0.4) is 0 Å². The Bertz CT molecular complexity index is 1430. The summed E-state index contributed by atoms with van der Waals surface area (Å²) in [5.41, 5.74) is 1.93. The smallest absolute Gasteiger partial charge is 0.242 e. The number of carbonyl (C=O) groups is 2. The number of likely N-dealkylation sites (N-methyl/N-ethyl adjacent to an activating group) is 1. The van der Waals surface area contributed by atoms with Gasteiger partial charge in [-0.3, -0.25) is 13.9 Å². The average Bonchev–Trinajstić information content (AvgIpc) is 3.41. The number of hydrogen-bond acceptors (Lipinski definition) is 6. The summed E-state index contributed by atoms with van der Waals surface area (Å²) in [4.78, 5) is 28.2. The van der Waals surface area contributed by atoms with Gasteiger partial charge in [-0.2, -0.15) is 0 Å². The fourth-order valence-electron chi connectivity index (χ4n) is 4.55. The number of ether oxygens (including phenoxy) is 2. The molecule has 212 valence electrons. The highest BCUT2D eigenvalue weighted by Crippen LogP contribution is 2.36. The average molecular weight is 570 g/mol. The summed E-state index contributed by atoms with van der Waals surface area (Å²) < 4.78 is 50.7. The highest BCUT2D eigenvalue weighted by molar-refractivity contribution is 7.92. The zero-order chi connectivity index (χ0) is 28.7. The Kier molecular flexibility index (Phi) is 9.26. The number of carbonyl (C=O) groups excluding carboxylic acids is 2. The number of amides is 2. The van der Waals surface area contributed by atoms with Gasteiger partial charge in [-0.1, -0.05) is 42.5 Å². The Morgan fingerprint density at radius 1 is 0.975 bits per heavy atom. The molecule has 3 aromatic rings. The van der Waals surface area contributed by atoms with Crippen LogP contribution >= 0.6 is 0 Å². The third-order valence-electron chi connectivity index (χ3n) is 6.58. The van der Waals surface area contributed by atoms with E-state index in [9.17, 15) is 22.4 Å². The zero-order valence-corrected chi connectivity index (χ0v) is 23.2. The molecule has 1 heterocycles. The van der Waals surface area contributed by atoms with Crippen LogP contribution in [0.1, 0.15) is 24.0 Å². The molecule has 0 saturated carbocycles. The van der Waals surface area contributed by atoms with Crippen molar-refractivity contribution in [2.24, 2.45) is 0 Å². The SMILES string of the molecule is CNC(=O)[C@@H](Cc1ccccc1)N(Cc1ccc(F)cc1)C(=O)CCCN(c1ccc2c(c1)OCO2)S(C)(=O)=O. The van der Waals surface area contributed by atoms with E-state index in [1.165, 1.54) is 28.4 Å². The van der Waals surface area contributed by atoms with E-state index in [1.807, 2.05) is 30.3 Å². The number of halogens is 1. The standard InChI is InChI=1S/C29H32FN3O6S/c1-31-29(35)25(17-21-7-4-3-5-8-21)32(19-22-10-12-23(30)13-11-22)28(34)9-6-16-33(40(2,36)37)24-14-15-26-27(18-24)39-20-38-26/h3-5,7-8,10-15,18,25H,6,9,16-17,19-20H2,1-2H3,(H,31,35)/t25-/m1/s1. The lowest BCUT2D eigenvalue weighted by Crippen LogP contribution is -2.49. The second kappa shape index (κ2) is 12.8. The Hall–Kier alpha value is -4.12. The van der Waals surface area contributed by atoms with E-state index in [2.05, 4.69) is 5.32 Å². The van der Waals surface area contributed by atoms with Crippen LogP contribution in [0.15, 0.2) is 72.8 Å². The van der Waals surface area contributed by atoms with Crippen molar-refractivity contribution in [1.82, 2.24) is 10.2 Å². The molecule has 2 amide bonds. The Morgan fingerprint density at radius 3 is 2.35 bits per heavy atom. The maximum atomic E-state index is 13.7. The first-order chi connectivity index (χ1) is 19.2. The van der Waals surface area contributed by atoms with Crippen LogP contribution in [0, 0.1) is 5.82 Å². The number of benzene rings is 3. The van der Waals surface area contributed by atoms with E-state index in [1.54, 1.807) is 30.3 Å². The zero-order valence-electron chi connectivity index (χ0n) is 22.4. The van der Waals surface area contributed by atoms with Crippen molar-refractivity contribution in [2.75, 3.05) is 30.9 Å². The molecule has 1 aliphatic heterocycles. The van der Waals surface area contributed by atoms with Gasteiger partial charge in [-0.25, -0.2) is 12.8 Å². The largest absolute Gasteiger partial charge is 0.454 e. The Balaban J connectivity index is 1.54. The molecule has 4 rings (SSSR count). The summed E-state index contributed by atoms with van der Waals surface area (Å²) in [6, 6.07) is 19.1. The third-order valence-corrected chi connectivity index (χ3v) is 7.77. The van der Waals surface area contributed by atoms with Gasteiger partial charge in [0.05, 0.1) is 11.9 Å². The van der Waals surface area contributed by atoms with Gasteiger partial charge in [0.2, 0.25) is 28.6 Å². The highest BCUT2D eigenvalue weighted by Gasteiger charge is 2.30. The molecule has 0 bridgehead atoms. The van der Waals surface area contributed by atoms with Crippen molar-refractivity contribution in [3.63, 3.8) is 0 Å². The minimum absolute atomic E-state index is 0.0138. The number of nitrogens with zero attached hydrogens (tertiary/aromatic N) is 2. The van der Waals surface area contributed by atoms with Crippen LogP contribution in [0.2, 0.25) is 0 Å². The van der Waals surface area contributed by atoms with E-state index in [0.717, 1.165) is 11.8 Å². The fourth-order valence-corrected chi connectivity index (χ4v) is 5.51. The number of hydrogen-bond donors (Lipinski definition) is 1. The highest BCUT2D eigenvalue weighted by atomic mass is 32.2. The maximum Gasteiger partial charge on any atom is 0.242 e. The molecule has 1 N–H and O–H groups in total. The minimum Gasteiger partial charge on any atom is -0.454 e. The first kappa shape index (κ1) is 28.9. The summed E-state index contributed by atoms with van der Waals surface area (Å²) in [7, 11) is -2.16. The van der Waals surface area contributed by atoms with Crippen LogP contribution < -0.4 is 19.1 Å². The van der Waals surface area contributed by atoms with Crippen molar-refractivity contribution < 1.29 is 31.9 Å². The lowest BCUT2D eigenvalue weighted by atomic mass is 10.0. The lowest BCUT2D eigenvalue weighted by molar-refractivity contribution is -0.141. The minimum atomic E-state index is -3.67. The number of anilines is 1. The molecule has 1 atom stereocenters. The lowest BCUT2D eigenvalue weighted by Gasteiger charge is -2.31. The summed E-state index contributed by atoms with van der Waals surface area (Å²) in [5, 5.41) is 2.65. The Labute approximate surface area is 233 Å². The number of sulfonamides is 1. The summed E-state index contributed by atoms with van der Waals surface area (Å²) in [6.45, 7) is 0.186. The second-order valence-electron chi connectivity index (χ2n) is 9.44. The topological polar surface area (TPSA) is 105 Å². The second-order valence-corrected chi connectivity index (χ2v) is 11.4. The molecule has 0 aromatic heterocycles. The van der Waals surface area contributed by atoms with Crippen LogP contribution in [-0.2, 0) is 32.6 Å². The first-order valence-corrected chi connectivity index (χ1v) is 14.7. The van der Waals surface area contributed by atoms with Gasteiger partial charge in [0.15, 0.2) is 11.5 Å². The molecule has 0 aliphatic carbocycles. The molecule has 11 heteroatoms. The van der Waals surface area contributed by atoms with Gasteiger partial charge in [0, 0.05) is 39.0 Å². The summed E-state index contributed by atoms with van der Waals surface area (Å²) in [5.74, 6) is -0.0897. The molecular weight excluding hydrogens is 537 g/mol. The quantitative estimate of drug-likeness (QED) is 0.358. The molecule has 1 aliphatic rings. The Morgan fingerprint density at radius 2 is 1.68 bits per heavy atom.